The second-order valence-electron chi connectivity index (χ2n) is 16.1. The monoisotopic (exact) mass is 759 g/mol. The standard InChI is InChI=1S/C41H39Cl2N9O2/c1-49-16-24(18-51-20-40(21-51)11-9-26(53)13-40)36-38(49)46-31(14-44-36)29-7-3-5-27(34(29)42)28-6-4-8-30(35(28)43)32-15-45-37-25(17-50(2)39(37)47-32)19-52-22-41(23-52)12-10-33(54)48-41/h3-8,14-17H,9-13,18-23H2,1-2H3,(H,48,54). The van der Waals surface area contributed by atoms with E-state index in [0.29, 0.717) is 33.6 Å². The van der Waals surface area contributed by atoms with Crippen LogP contribution in [0.5, 0.6) is 0 Å². The average molecular weight is 761 g/mol. The van der Waals surface area contributed by atoms with Crippen LogP contribution in [0, 0.1) is 5.41 Å². The Bertz CT molecular complexity index is 2370. The molecule has 3 saturated heterocycles. The SMILES string of the molecule is Cn1cc(CN2CC3(CCC(=O)C3)C2)c2ncc(-c3cccc(-c4cccc(-c5cnc6c(CN7CC8(CCC(=O)N8)C7)cn(C)c6n5)c4Cl)c3Cl)nc21. The molecule has 1 amide bonds. The van der Waals surface area contributed by atoms with Gasteiger partial charge in [0.05, 0.1) is 39.4 Å². The van der Waals surface area contributed by atoms with Gasteiger partial charge in [-0.15, -0.1) is 0 Å². The Morgan fingerprint density at radius 3 is 1.70 bits per heavy atom. The summed E-state index contributed by atoms with van der Waals surface area (Å²) in [7, 11) is 3.98. The molecule has 13 heteroatoms. The van der Waals surface area contributed by atoms with Gasteiger partial charge in [-0.05, 0) is 12.8 Å². The third-order valence-corrected chi connectivity index (χ3v) is 12.8. The Balaban J connectivity index is 0.906. The molecule has 3 aliphatic heterocycles. The summed E-state index contributed by atoms with van der Waals surface area (Å²) >= 11 is 14.4. The number of fused-ring (bicyclic) bond motifs is 2. The maximum atomic E-state index is 11.9. The zero-order valence-corrected chi connectivity index (χ0v) is 31.7. The first-order valence-corrected chi connectivity index (χ1v) is 19.3. The Kier molecular flexibility index (Phi) is 7.79. The van der Waals surface area contributed by atoms with Gasteiger partial charge >= 0.3 is 0 Å². The van der Waals surface area contributed by atoms with Crippen LogP contribution in [0.25, 0.3) is 56.0 Å². The molecule has 0 bridgehead atoms. The maximum Gasteiger partial charge on any atom is 0.220 e. The van der Waals surface area contributed by atoms with Crippen LogP contribution in [0.1, 0.15) is 43.2 Å². The van der Waals surface area contributed by atoms with E-state index < -0.39 is 0 Å². The number of carbonyl (C=O) groups is 2. The number of benzene rings is 2. The number of aromatic nitrogens is 6. The number of halogens is 2. The van der Waals surface area contributed by atoms with Crippen molar-refractivity contribution >= 4 is 57.2 Å². The fourth-order valence-corrected chi connectivity index (χ4v) is 10.1. The Morgan fingerprint density at radius 2 is 1.22 bits per heavy atom. The van der Waals surface area contributed by atoms with Crippen molar-refractivity contribution < 1.29 is 9.59 Å². The topological polar surface area (TPSA) is 114 Å². The lowest BCUT2D eigenvalue weighted by Gasteiger charge is -2.47. The summed E-state index contributed by atoms with van der Waals surface area (Å²) in [5.74, 6) is 0.555. The summed E-state index contributed by atoms with van der Waals surface area (Å²) in [6.45, 7) is 5.17. The van der Waals surface area contributed by atoms with E-state index in [0.717, 1.165) is 121 Å². The van der Waals surface area contributed by atoms with Crippen LogP contribution in [0.4, 0.5) is 0 Å². The van der Waals surface area contributed by atoms with Crippen molar-refractivity contribution in [2.24, 2.45) is 19.5 Å². The van der Waals surface area contributed by atoms with Crippen LogP contribution in [-0.2, 0) is 36.8 Å². The molecule has 10 rings (SSSR count). The van der Waals surface area contributed by atoms with E-state index in [4.69, 9.17) is 43.1 Å². The Labute approximate surface area is 322 Å². The summed E-state index contributed by atoms with van der Waals surface area (Å²) < 4.78 is 4.04. The highest BCUT2D eigenvalue weighted by Gasteiger charge is 2.48. The van der Waals surface area contributed by atoms with Gasteiger partial charge in [-0.3, -0.25) is 29.4 Å². The second-order valence-corrected chi connectivity index (χ2v) is 16.8. The molecule has 11 nitrogen and oxygen atoms in total. The lowest BCUT2D eigenvalue weighted by atomic mass is 9.78. The number of amides is 1. The molecule has 7 heterocycles. The van der Waals surface area contributed by atoms with Crippen LogP contribution in [0.15, 0.2) is 61.2 Å². The molecule has 1 aliphatic carbocycles. The van der Waals surface area contributed by atoms with Crippen LogP contribution in [0.2, 0.25) is 10.0 Å². The molecule has 1 N–H and O–H groups in total. The van der Waals surface area contributed by atoms with Gasteiger partial charge in [-0.25, -0.2) is 9.97 Å². The fraction of sp³-hybridized carbons (Fsp3) is 0.366. The third kappa shape index (κ3) is 5.54. The summed E-state index contributed by atoms with van der Waals surface area (Å²) in [5.41, 5.74) is 10.1. The molecule has 4 fully saturated rings. The second kappa shape index (κ2) is 12.4. The molecule has 0 atom stereocenters. The zero-order valence-electron chi connectivity index (χ0n) is 30.2. The van der Waals surface area contributed by atoms with Crippen LogP contribution in [0.3, 0.4) is 0 Å². The van der Waals surface area contributed by atoms with Crippen molar-refractivity contribution in [2.75, 3.05) is 26.2 Å². The number of rotatable bonds is 7. The highest BCUT2D eigenvalue weighted by Crippen LogP contribution is 2.45. The van der Waals surface area contributed by atoms with E-state index in [-0.39, 0.29) is 16.9 Å². The molecule has 0 radical (unpaired) electrons. The quantitative estimate of drug-likeness (QED) is 0.194. The van der Waals surface area contributed by atoms with Gasteiger partial charge < -0.3 is 14.5 Å². The first kappa shape index (κ1) is 33.9. The number of nitrogens with one attached hydrogen (secondary N) is 1. The number of likely N-dealkylation sites (tertiary alicyclic amines) is 2. The predicted octanol–water partition coefficient (Wildman–Crippen LogP) is 6.58. The minimum absolute atomic E-state index is 0.0601. The summed E-state index contributed by atoms with van der Waals surface area (Å²) in [6.07, 6.45) is 11.8. The molecular weight excluding hydrogens is 721 g/mol. The molecule has 54 heavy (non-hydrogen) atoms. The number of Topliss-reactive ketones (excluding diaryl/α,β-unsaturated/α-hetero) is 1. The number of carbonyl (C=O) groups excluding carboxylic acids is 2. The van der Waals surface area contributed by atoms with E-state index in [1.54, 1.807) is 12.4 Å². The highest BCUT2D eigenvalue weighted by atomic mass is 35.5. The van der Waals surface area contributed by atoms with Crippen LogP contribution in [-0.4, -0.2) is 82.3 Å². The van der Waals surface area contributed by atoms with Crippen molar-refractivity contribution in [3.63, 3.8) is 0 Å². The number of hydrogen-bond donors (Lipinski definition) is 1. The molecule has 1 saturated carbocycles. The minimum Gasteiger partial charge on any atom is -0.348 e. The van der Waals surface area contributed by atoms with E-state index in [1.165, 1.54) is 0 Å². The largest absolute Gasteiger partial charge is 0.348 e. The minimum atomic E-state index is -0.0601. The first-order valence-electron chi connectivity index (χ1n) is 18.5. The molecule has 274 valence electrons. The highest BCUT2D eigenvalue weighted by molar-refractivity contribution is 6.39. The number of hydrogen-bond acceptors (Lipinski definition) is 8. The predicted molar refractivity (Wildman–Crippen MR) is 209 cm³/mol. The van der Waals surface area contributed by atoms with Gasteiger partial charge in [0.15, 0.2) is 11.3 Å². The van der Waals surface area contributed by atoms with Crippen LogP contribution >= 0.6 is 23.2 Å². The summed E-state index contributed by atoms with van der Waals surface area (Å²) in [5, 5.41) is 4.23. The van der Waals surface area contributed by atoms with Crippen molar-refractivity contribution in [3.05, 3.63) is 82.4 Å². The van der Waals surface area contributed by atoms with Gasteiger partial charge in [-0.2, -0.15) is 0 Å². The van der Waals surface area contributed by atoms with Gasteiger partial charge in [0.25, 0.3) is 0 Å². The van der Waals surface area contributed by atoms with E-state index in [9.17, 15) is 9.59 Å². The first-order chi connectivity index (χ1) is 26.1. The Morgan fingerprint density at radius 1 is 0.704 bits per heavy atom. The Hall–Kier alpha value is -4.68. The fourth-order valence-electron chi connectivity index (χ4n) is 9.48. The lowest BCUT2D eigenvalue weighted by Crippen LogP contribution is -2.66. The van der Waals surface area contributed by atoms with E-state index in [2.05, 4.69) is 27.5 Å². The molecule has 4 aromatic heterocycles. The van der Waals surface area contributed by atoms with Gasteiger partial charge in [-0.1, -0.05) is 59.6 Å². The lowest BCUT2D eigenvalue weighted by molar-refractivity contribution is -0.121. The van der Waals surface area contributed by atoms with Gasteiger partial charge in [0.2, 0.25) is 5.91 Å². The molecule has 0 unspecified atom stereocenters. The molecule has 2 aromatic carbocycles. The zero-order chi connectivity index (χ0) is 36.9. The van der Waals surface area contributed by atoms with Crippen molar-refractivity contribution in [1.29, 1.82) is 0 Å². The summed E-state index contributed by atoms with van der Waals surface area (Å²) in [4.78, 5) is 48.3. The van der Waals surface area contributed by atoms with Crippen molar-refractivity contribution in [1.82, 2.24) is 44.2 Å². The third-order valence-electron chi connectivity index (χ3n) is 12.0. The van der Waals surface area contributed by atoms with Crippen LogP contribution < -0.4 is 5.32 Å². The number of aryl methyl sites for hydroxylation is 2. The number of ketones is 1. The van der Waals surface area contributed by atoms with Gasteiger partial charge in [0, 0.05) is 124 Å². The average Bonchev–Trinajstić information content (AvgIpc) is 3.88. The molecular formula is C41H39Cl2N9O2. The molecule has 4 aliphatic rings. The van der Waals surface area contributed by atoms with E-state index >= 15 is 0 Å². The van der Waals surface area contributed by atoms with Gasteiger partial charge in [0.1, 0.15) is 16.8 Å². The maximum absolute atomic E-state index is 11.9. The van der Waals surface area contributed by atoms with E-state index in [1.807, 2.05) is 59.6 Å². The normalized spacial score (nSPS) is 19.3. The van der Waals surface area contributed by atoms with Crippen molar-refractivity contribution in [2.45, 2.75) is 50.7 Å². The van der Waals surface area contributed by atoms with Crippen molar-refractivity contribution in [3.8, 4) is 33.6 Å². The summed E-state index contributed by atoms with van der Waals surface area (Å²) in [6, 6.07) is 11.8. The smallest absolute Gasteiger partial charge is 0.220 e. The number of nitrogens with zero attached hydrogens (tertiary/aromatic N) is 8. The molecule has 2 spiro atoms. The molecule has 6 aromatic rings.